The van der Waals surface area contributed by atoms with Crippen LogP contribution in [0.15, 0.2) is 0 Å². The molecule has 0 amide bonds. The summed E-state index contributed by atoms with van der Waals surface area (Å²) in [5.41, 5.74) is -0.133. The Morgan fingerprint density at radius 2 is 1.86 bits per heavy atom. The smallest absolute Gasteiger partial charge is 0.153 e. The van der Waals surface area contributed by atoms with Crippen LogP contribution in [0, 0.1) is 6.92 Å². The lowest BCUT2D eigenvalue weighted by Crippen LogP contribution is -2.36. The van der Waals surface area contributed by atoms with Gasteiger partial charge < -0.3 is 9.88 Å². The molecule has 0 atom stereocenters. The Morgan fingerprint density at radius 1 is 1.29 bits per heavy atom. The summed E-state index contributed by atoms with van der Waals surface area (Å²) in [5, 5.41) is 11.6. The highest BCUT2D eigenvalue weighted by molar-refractivity contribution is 5.06. The molecule has 1 aromatic heterocycles. The van der Waals surface area contributed by atoms with Crippen LogP contribution in [0.1, 0.15) is 45.4 Å². The molecule has 0 fully saturated rings. The van der Waals surface area contributed by atoms with E-state index < -0.39 is 0 Å². The van der Waals surface area contributed by atoms with Gasteiger partial charge in [-0.05, 0) is 41.7 Å². The second-order valence-electron chi connectivity index (χ2n) is 4.41. The summed E-state index contributed by atoms with van der Waals surface area (Å²) in [5.74, 6) is 1.96. The van der Waals surface area contributed by atoms with Gasteiger partial charge in [-0.25, -0.2) is 0 Å². The van der Waals surface area contributed by atoms with Gasteiger partial charge in [0.15, 0.2) is 5.82 Å². The van der Waals surface area contributed by atoms with Gasteiger partial charge in [-0.15, -0.1) is 10.2 Å². The quantitative estimate of drug-likeness (QED) is 0.799. The lowest BCUT2D eigenvalue weighted by Gasteiger charge is -2.25. The first-order valence-electron chi connectivity index (χ1n) is 5.01. The van der Waals surface area contributed by atoms with E-state index in [2.05, 4.69) is 47.8 Å². The van der Waals surface area contributed by atoms with E-state index in [4.69, 9.17) is 0 Å². The second kappa shape index (κ2) is 3.69. The fourth-order valence-corrected chi connectivity index (χ4v) is 1.53. The van der Waals surface area contributed by atoms with Crippen LogP contribution in [0.3, 0.4) is 0 Å². The van der Waals surface area contributed by atoms with Crippen molar-refractivity contribution < 1.29 is 0 Å². The Morgan fingerprint density at radius 3 is 2.29 bits per heavy atom. The Bertz CT molecular complexity index is 312. The van der Waals surface area contributed by atoms with E-state index in [1.165, 1.54) is 0 Å². The van der Waals surface area contributed by atoms with E-state index in [0.717, 1.165) is 11.6 Å². The molecule has 4 heteroatoms. The van der Waals surface area contributed by atoms with E-state index in [1.807, 2.05) is 14.0 Å². The van der Waals surface area contributed by atoms with Gasteiger partial charge in [0.05, 0.1) is 5.54 Å². The lowest BCUT2D eigenvalue weighted by molar-refractivity contribution is 0.380. The molecule has 0 spiro atoms. The second-order valence-corrected chi connectivity index (χ2v) is 4.41. The van der Waals surface area contributed by atoms with Crippen LogP contribution in [0.2, 0.25) is 0 Å². The fraction of sp³-hybridized carbons (Fsp3) is 0.800. The average molecular weight is 196 g/mol. The molecular weight excluding hydrogens is 176 g/mol. The number of nitrogens with zero attached hydrogens (tertiary/aromatic N) is 3. The van der Waals surface area contributed by atoms with Gasteiger partial charge >= 0.3 is 0 Å². The summed E-state index contributed by atoms with van der Waals surface area (Å²) in [6.45, 7) is 10.5. The highest BCUT2D eigenvalue weighted by Crippen LogP contribution is 2.21. The van der Waals surface area contributed by atoms with Crippen molar-refractivity contribution in [2.24, 2.45) is 0 Å². The molecule has 0 bridgehead atoms. The number of aromatic nitrogens is 3. The van der Waals surface area contributed by atoms with Crippen LogP contribution in [-0.4, -0.2) is 21.8 Å². The van der Waals surface area contributed by atoms with Gasteiger partial charge in [-0.1, -0.05) is 0 Å². The molecule has 4 nitrogen and oxygen atoms in total. The van der Waals surface area contributed by atoms with Crippen LogP contribution in [0.4, 0.5) is 0 Å². The maximum atomic E-state index is 4.23. The Balaban J connectivity index is 3.22. The molecule has 1 rings (SSSR count). The third kappa shape index (κ3) is 1.80. The van der Waals surface area contributed by atoms with Gasteiger partial charge in [-0.3, -0.25) is 0 Å². The minimum atomic E-state index is -0.133. The van der Waals surface area contributed by atoms with Gasteiger partial charge in [-0.2, -0.15) is 0 Å². The van der Waals surface area contributed by atoms with Gasteiger partial charge in [0.1, 0.15) is 5.82 Å². The molecule has 0 aliphatic heterocycles. The highest BCUT2D eigenvalue weighted by atomic mass is 15.3. The first-order valence-corrected chi connectivity index (χ1v) is 5.01. The maximum absolute atomic E-state index is 4.23. The third-order valence-electron chi connectivity index (χ3n) is 2.57. The van der Waals surface area contributed by atoms with Crippen molar-refractivity contribution in [1.29, 1.82) is 0 Å². The standard InChI is InChI=1S/C10H20N4/c1-7(2)14-8(3)12-13-9(14)10(4,5)11-6/h7,11H,1-6H3. The zero-order valence-corrected chi connectivity index (χ0v) is 9.92. The van der Waals surface area contributed by atoms with E-state index in [9.17, 15) is 0 Å². The monoisotopic (exact) mass is 196 g/mol. The van der Waals surface area contributed by atoms with E-state index in [-0.39, 0.29) is 5.54 Å². The first-order chi connectivity index (χ1) is 6.40. The summed E-state index contributed by atoms with van der Waals surface area (Å²) < 4.78 is 2.16. The minimum Gasteiger partial charge on any atom is -0.311 e. The van der Waals surface area contributed by atoms with E-state index in [0.29, 0.717) is 6.04 Å². The van der Waals surface area contributed by atoms with E-state index >= 15 is 0 Å². The number of nitrogens with one attached hydrogen (secondary N) is 1. The molecule has 0 saturated heterocycles. The van der Waals surface area contributed by atoms with Crippen molar-refractivity contribution in [1.82, 2.24) is 20.1 Å². The molecular formula is C10H20N4. The minimum absolute atomic E-state index is 0.133. The van der Waals surface area contributed by atoms with Crippen molar-refractivity contribution in [3.05, 3.63) is 11.6 Å². The molecule has 0 aliphatic carbocycles. The van der Waals surface area contributed by atoms with Crippen molar-refractivity contribution in [3.8, 4) is 0 Å². The van der Waals surface area contributed by atoms with Gasteiger partial charge in [0.2, 0.25) is 0 Å². The lowest BCUT2D eigenvalue weighted by atomic mass is 10.0. The zero-order valence-electron chi connectivity index (χ0n) is 9.92. The topological polar surface area (TPSA) is 42.7 Å². The van der Waals surface area contributed by atoms with Crippen molar-refractivity contribution in [3.63, 3.8) is 0 Å². The van der Waals surface area contributed by atoms with Gasteiger partial charge in [0.25, 0.3) is 0 Å². The number of hydrogen-bond donors (Lipinski definition) is 1. The van der Waals surface area contributed by atoms with Crippen LogP contribution in [0.25, 0.3) is 0 Å². The Kier molecular flexibility index (Phi) is 2.95. The van der Waals surface area contributed by atoms with Crippen LogP contribution >= 0.6 is 0 Å². The molecule has 1 aromatic rings. The summed E-state index contributed by atoms with van der Waals surface area (Å²) in [6.07, 6.45) is 0. The van der Waals surface area contributed by atoms with Gasteiger partial charge in [0, 0.05) is 6.04 Å². The highest BCUT2D eigenvalue weighted by Gasteiger charge is 2.26. The Hall–Kier alpha value is -0.900. The first kappa shape index (κ1) is 11.2. The SMILES string of the molecule is CNC(C)(C)c1nnc(C)n1C(C)C. The van der Waals surface area contributed by atoms with E-state index in [1.54, 1.807) is 0 Å². The molecule has 1 N–H and O–H groups in total. The summed E-state index contributed by atoms with van der Waals surface area (Å²) >= 11 is 0. The predicted molar refractivity (Wildman–Crippen MR) is 57.2 cm³/mol. The average Bonchev–Trinajstić information content (AvgIpc) is 2.47. The third-order valence-corrected chi connectivity index (χ3v) is 2.57. The largest absolute Gasteiger partial charge is 0.311 e. The Labute approximate surface area is 85.7 Å². The van der Waals surface area contributed by atoms with Crippen LogP contribution in [0.5, 0.6) is 0 Å². The molecule has 14 heavy (non-hydrogen) atoms. The van der Waals surface area contributed by atoms with Crippen LogP contribution < -0.4 is 5.32 Å². The zero-order chi connectivity index (χ0) is 10.9. The van der Waals surface area contributed by atoms with Crippen molar-refractivity contribution >= 4 is 0 Å². The number of hydrogen-bond acceptors (Lipinski definition) is 3. The summed E-state index contributed by atoms with van der Waals surface area (Å²) in [7, 11) is 1.94. The molecule has 0 unspecified atom stereocenters. The molecule has 1 heterocycles. The molecule has 80 valence electrons. The number of aryl methyl sites for hydroxylation is 1. The fourth-order valence-electron chi connectivity index (χ4n) is 1.53. The molecule has 0 saturated carbocycles. The molecule has 0 radical (unpaired) electrons. The van der Waals surface area contributed by atoms with Crippen molar-refractivity contribution in [2.75, 3.05) is 7.05 Å². The summed E-state index contributed by atoms with van der Waals surface area (Å²) in [4.78, 5) is 0. The maximum Gasteiger partial charge on any atom is 0.153 e. The predicted octanol–water partition coefficient (Wildman–Crippen LogP) is 1.62. The molecule has 0 aliphatic rings. The summed E-state index contributed by atoms with van der Waals surface area (Å²) in [6, 6.07) is 0.396. The number of rotatable bonds is 3. The normalized spacial score (nSPS) is 12.5. The van der Waals surface area contributed by atoms with Crippen LogP contribution in [-0.2, 0) is 5.54 Å². The van der Waals surface area contributed by atoms with Crippen molar-refractivity contribution in [2.45, 2.75) is 46.2 Å². The molecule has 0 aromatic carbocycles.